The predicted octanol–water partition coefficient (Wildman–Crippen LogP) is 4.53. The lowest BCUT2D eigenvalue weighted by Crippen LogP contribution is -1.82. The van der Waals surface area contributed by atoms with E-state index in [1.807, 2.05) is 18.2 Å². The Labute approximate surface area is 105 Å². The van der Waals surface area contributed by atoms with Crippen LogP contribution in [0.3, 0.4) is 0 Å². The summed E-state index contributed by atoms with van der Waals surface area (Å²) in [6.45, 7) is 0. The molecule has 86 valence electrons. The molecule has 1 aromatic heterocycles. The first-order chi connectivity index (χ1) is 8.90. The van der Waals surface area contributed by atoms with E-state index in [-0.39, 0.29) is 0 Å². The molecular weight excluding hydrogens is 220 g/mol. The molecule has 0 amide bonds. The maximum absolute atomic E-state index is 5.91. The van der Waals surface area contributed by atoms with Crippen molar-refractivity contribution in [1.82, 2.24) is 0 Å². The first-order valence-electron chi connectivity index (χ1n) is 6.17. The highest BCUT2D eigenvalue weighted by Gasteiger charge is 2.16. The molecule has 0 atom stereocenters. The van der Waals surface area contributed by atoms with Gasteiger partial charge in [0.15, 0.2) is 0 Å². The van der Waals surface area contributed by atoms with Crippen LogP contribution in [0.15, 0.2) is 59.0 Å². The lowest BCUT2D eigenvalue weighted by Gasteiger charge is -1.96. The molecule has 3 aromatic rings. The summed E-state index contributed by atoms with van der Waals surface area (Å²) < 4.78 is 5.91. The fourth-order valence-electron chi connectivity index (χ4n) is 2.58. The van der Waals surface area contributed by atoms with E-state index in [1.165, 1.54) is 22.1 Å². The second-order valence-corrected chi connectivity index (χ2v) is 4.69. The fourth-order valence-corrected chi connectivity index (χ4v) is 2.58. The number of hydrogen-bond donors (Lipinski definition) is 0. The monoisotopic (exact) mass is 232 g/mol. The highest BCUT2D eigenvalue weighted by Crippen LogP contribution is 2.33. The molecule has 1 aliphatic rings. The highest BCUT2D eigenvalue weighted by molar-refractivity contribution is 5.90. The fraction of sp³-hybridized carbons (Fsp3) is 0.0588. The second kappa shape index (κ2) is 3.61. The van der Waals surface area contributed by atoms with Crippen LogP contribution in [-0.2, 0) is 6.42 Å². The summed E-state index contributed by atoms with van der Waals surface area (Å²) in [7, 11) is 0. The highest BCUT2D eigenvalue weighted by atomic mass is 16.3. The summed E-state index contributed by atoms with van der Waals surface area (Å²) in [5.74, 6) is 0.993. The van der Waals surface area contributed by atoms with Crippen molar-refractivity contribution in [2.75, 3.05) is 0 Å². The quantitative estimate of drug-likeness (QED) is 0.600. The smallest absolute Gasteiger partial charge is 0.134 e. The number of allylic oxidation sites excluding steroid dienone is 1. The molecule has 4 rings (SSSR count). The van der Waals surface area contributed by atoms with Crippen molar-refractivity contribution in [1.29, 1.82) is 0 Å². The largest absolute Gasteiger partial charge is 0.456 e. The molecule has 1 heterocycles. The van der Waals surface area contributed by atoms with Gasteiger partial charge in [-0.05, 0) is 34.9 Å². The number of furan rings is 1. The van der Waals surface area contributed by atoms with E-state index < -0.39 is 0 Å². The molecule has 1 aliphatic carbocycles. The van der Waals surface area contributed by atoms with Crippen LogP contribution in [0.4, 0.5) is 0 Å². The molecule has 0 bridgehead atoms. The van der Waals surface area contributed by atoms with Crippen LogP contribution in [0, 0.1) is 0 Å². The molecule has 1 nitrogen and oxygen atoms in total. The molecule has 18 heavy (non-hydrogen) atoms. The van der Waals surface area contributed by atoms with E-state index >= 15 is 0 Å². The van der Waals surface area contributed by atoms with Crippen LogP contribution in [0.5, 0.6) is 0 Å². The molecule has 0 radical (unpaired) electrons. The van der Waals surface area contributed by atoms with Gasteiger partial charge in [-0.25, -0.2) is 0 Å². The number of rotatable bonds is 1. The molecular formula is C17H12O. The lowest BCUT2D eigenvalue weighted by molar-refractivity contribution is 0.598. The average Bonchev–Trinajstić information content (AvgIpc) is 3.02. The Bertz CT molecular complexity index is 729. The molecule has 0 N–H and O–H groups in total. The summed E-state index contributed by atoms with van der Waals surface area (Å²) in [5, 5.41) is 1.17. The Hall–Kier alpha value is -2.28. The van der Waals surface area contributed by atoms with Crippen molar-refractivity contribution in [3.63, 3.8) is 0 Å². The van der Waals surface area contributed by atoms with Gasteiger partial charge in [0.05, 0.1) is 0 Å². The maximum atomic E-state index is 5.91. The third kappa shape index (κ3) is 1.41. The molecule has 0 saturated carbocycles. The van der Waals surface area contributed by atoms with Gasteiger partial charge >= 0.3 is 0 Å². The predicted molar refractivity (Wildman–Crippen MR) is 74.2 cm³/mol. The topological polar surface area (TPSA) is 13.1 Å². The SMILES string of the molecule is C1=C(c2cc3ccccc3o2)Cc2ccccc21. The van der Waals surface area contributed by atoms with E-state index in [2.05, 4.69) is 42.5 Å². The number of para-hydroxylation sites is 1. The Balaban J connectivity index is 1.82. The molecule has 2 aromatic carbocycles. The number of fused-ring (bicyclic) bond motifs is 2. The molecule has 1 heteroatoms. The second-order valence-electron chi connectivity index (χ2n) is 4.69. The van der Waals surface area contributed by atoms with Crippen LogP contribution in [-0.4, -0.2) is 0 Å². The van der Waals surface area contributed by atoms with Crippen LogP contribution in [0.25, 0.3) is 22.6 Å². The minimum atomic E-state index is 0.962. The summed E-state index contributed by atoms with van der Waals surface area (Å²) in [6, 6.07) is 18.8. The van der Waals surface area contributed by atoms with E-state index in [9.17, 15) is 0 Å². The van der Waals surface area contributed by atoms with Crippen molar-refractivity contribution in [2.24, 2.45) is 0 Å². The molecule has 0 saturated heterocycles. The van der Waals surface area contributed by atoms with Crippen LogP contribution in [0.2, 0.25) is 0 Å². The van der Waals surface area contributed by atoms with E-state index in [0.29, 0.717) is 0 Å². The van der Waals surface area contributed by atoms with Crippen molar-refractivity contribution in [3.05, 3.63) is 71.5 Å². The Morgan fingerprint density at radius 3 is 2.61 bits per heavy atom. The molecule has 0 spiro atoms. The van der Waals surface area contributed by atoms with Crippen molar-refractivity contribution in [3.8, 4) is 0 Å². The van der Waals surface area contributed by atoms with Crippen molar-refractivity contribution < 1.29 is 4.42 Å². The van der Waals surface area contributed by atoms with Gasteiger partial charge in [0.25, 0.3) is 0 Å². The minimum Gasteiger partial charge on any atom is -0.456 e. The first kappa shape index (κ1) is 9.72. The van der Waals surface area contributed by atoms with Crippen molar-refractivity contribution in [2.45, 2.75) is 6.42 Å². The van der Waals surface area contributed by atoms with Gasteiger partial charge in [-0.1, -0.05) is 42.5 Å². The zero-order valence-corrected chi connectivity index (χ0v) is 9.89. The summed E-state index contributed by atoms with van der Waals surface area (Å²) >= 11 is 0. The zero-order chi connectivity index (χ0) is 11.9. The van der Waals surface area contributed by atoms with E-state index in [0.717, 1.165) is 17.8 Å². The third-order valence-electron chi connectivity index (χ3n) is 3.51. The standard InChI is InChI=1S/C17H12O/c1-2-6-13-10-15(9-12(13)5-1)17-11-14-7-3-4-8-16(14)18-17/h1-9,11H,10H2. The summed E-state index contributed by atoms with van der Waals surface area (Å²) in [5.41, 5.74) is 4.93. The van der Waals surface area contributed by atoms with Crippen LogP contribution >= 0.6 is 0 Å². The van der Waals surface area contributed by atoms with Crippen LogP contribution < -0.4 is 0 Å². The first-order valence-corrected chi connectivity index (χ1v) is 6.17. The summed E-state index contributed by atoms with van der Waals surface area (Å²) in [6.07, 6.45) is 3.20. The van der Waals surface area contributed by atoms with Gasteiger partial charge in [-0.2, -0.15) is 0 Å². The Morgan fingerprint density at radius 1 is 0.889 bits per heavy atom. The van der Waals surface area contributed by atoms with Crippen molar-refractivity contribution >= 4 is 22.6 Å². The normalized spacial score (nSPS) is 13.7. The number of benzene rings is 2. The van der Waals surface area contributed by atoms with Gasteiger partial charge in [-0.3, -0.25) is 0 Å². The van der Waals surface area contributed by atoms with Gasteiger partial charge in [-0.15, -0.1) is 0 Å². The van der Waals surface area contributed by atoms with E-state index in [1.54, 1.807) is 0 Å². The van der Waals surface area contributed by atoms with Gasteiger partial charge in [0.1, 0.15) is 11.3 Å². The average molecular weight is 232 g/mol. The van der Waals surface area contributed by atoms with E-state index in [4.69, 9.17) is 4.42 Å². The molecule has 0 unspecified atom stereocenters. The Morgan fingerprint density at radius 2 is 1.72 bits per heavy atom. The third-order valence-corrected chi connectivity index (χ3v) is 3.51. The Kier molecular flexibility index (Phi) is 1.95. The minimum absolute atomic E-state index is 0.962. The van der Waals surface area contributed by atoms with Gasteiger partial charge in [0.2, 0.25) is 0 Å². The van der Waals surface area contributed by atoms with Gasteiger partial charge in [0, 0.05) is 11.8 Å². The van der Waals surface area contributed by atoms with Crippen LogP contribution in [0.1, 0.15) is 16.9 Å². The molecule has 0 aliphatic heterocycles. The molecule has 0 fully saturated rings. The number of hydrogen-bond acceptors (Lipinski definition) is 1. The van der Waals surface area contributed by atoms with Gasteiger partial charge < -0.3 is 4.42 Å². The zero-order valence-electron chi connectivity index (χ0n) is 9.89. The maximum Gasteiger partial charge on any atom is 0.134 e. The lowest BCUT2D eigenvalue weighted by atomic mass is 10.1. The summed E-state index contributed by atoms with van der Waals surface area (Å²) in [4.78, 5) is 0.